The van der Waals surface area contributed by atoms with Gasteiger partial charge in [0.25, 0.3) is 0 Å². The number of carbonyl (C=O) groups is 1. The van der Waals surface area contributed by atoms with Crippen molar-refractivity contribution in [1.29, 1.82) is 0 Å². The minimum Gasteiger partial charge on any atom is -0.481 e. The number of aliphatic hydroxyl groups is 1. The van der Waals surface area contributed by atoms with Crippen LogP contribution in [0.3, 0.4) is 0 Å². The fourth-order valence-electron chi connectivity index (χ4n) is 4.16. The van der Waals surface area contributed by atoms with E-state index in [2.05, 4.69) is 4.72 Å². The molecule has 7 heteroatoms. The molecule has 0 heterocycles. The molecule has 0 amide bonds. The van der Waals surface area contributed by atoms with Crippen molar-refractivity contribution in [2.45, 2.75) is 42.7 Å². The Balaban J connectivity index is 1.80. The van der Waals surface area contributed by atoms with Crippen LogP contribution in [0.2, 0.25) is 0 Å². The zero-order valence-corrected chi connectivity index (χ0v) is 13.4. The number of aliphatic hydroxyl groups excluding tert-OH is 1. The van der Waals surface area contributed by atoms with Crippen molar-refractivity contribution in [3.8, 4) is 0 Å². The summed E-state index contributed by atoms with van der Waals surface area (Å²) >= 11 is 0. The molecule has 3 rings (SSSR count). The fourth-order valence-corrected chi connectivity index (χ4v) is 5.52. The van der Waals surface area contributed by atoms with E-state index in [0.29, 0.717) is 12.8 Å². The first-order valence-electron chi connectivity index (χ1n) is 7.85. The van der Waals surface area contributed by atoms with Gasteiger partial charge in [0.1, 0.15) is 0 Å². The average Bonchev–Trinajstić information content (AvgIpc) is 3.02. The van der Waals surface area contributed by atoms with Gasteiger partial charge in [-0.15, -0.1) is 0 Å². The van der Waals surface area contributed by atoms with E-state index < -0.39 is 28.1 Å². The standard InChI is InChI=1S/C16H21NO5S/c18-14-9-10-8-13(14)16(12(10)6-7-15(19)20)17-23(21,22)11-4-2-1-3-5-11/h1-5,10,12-14,16-18H,6-9H2,(H,19,20). The molecule has 3 N–H and O–H groups in total. The van der Waals surface area contributed by atoms with E-state index in [1.165, 1.54) is 12.1 Å². The van der Waals surface area contributed by atoms with E-state index in [1.54, 1.807) is 18.2 Å². The van der Waals surface area contributed by atoms with E-state index in [-0.39, 0.29) is 29.1 Å². The maximum absolute atomic E-state index is 12.5. The maximum Gasteiger partial charge on any atom is 0.303 e. The highest BCUT2D eigenvalue weighted by Crippen LogP contribution is 2.50. The molecule has 2 aliphatic rings. The Morgan fingerprint density at radius 3 is 2.57 bits per heavy atom. The number of rotatable bonds is 6. The summed E-state index contributed by atoms with van der Waals surface area (Å²) in [6.45, 7) is 0. The number of benzene rings is 1. The molecule has 0 aliphatic heterocycles. The lowest BCUT2D eigenvalue weighted by molar-refractivity contribution is -0.137. The summed E-state index contributed by atoms with van der Waals surface area (Å²) in [5.74, 6) is -0.842. The first-order chi connectivity index (χ1) is 10.9. The molecule has 0 saturated heterocycles. The third-order valence-corrected chi connectivity index (χ3v) is 6.65. The van der Waals surface area contributed by atoms with Crippen molar-refractivity contribution in [3.63, 3.8) is 0 Å². The molecule has 0 radical (unpaired) electrons. The second-order valence-corrected chi connectivity index (χ2v) is 8.23. The van der Waals surface area contributed by atoms with E-state index in [1.807, 2.05) is 0 Å². The zero-order valence-electron chi connectivity index (χ0n) is 12.6. The van der Waals surface area contributed by atoms with E-state index in [4.69, 9.17) is 5.11 Å². The first-order valence-corrected chi connectivity index (χ1v) is 9.34. The molecule has 0 spiro atoms. The van der Waals surface area contributed by atoms with Gasteiger partial charge in [0.05, 0.1) is 11.0 Å². The largest absolute Gasteiger partial charge is 0.481 e. The number of nitrogens with one attached hydrogen (secondary N) is 1. The summed E-state index contributed by atoms with van der Waals surface area (Å²) in [5.41, 5.74) is 0. The number of hydrogen-bond acceptors (Lipinski definition) is 4. The monoisotopic (exact) mass is 339 g/mol. The third kappa shape index (κ3) is 3.27. The molecule has 5 atom stereocenters. The van der Waals surface area contributed by atoms with E-state index in [0.717, 1.165) is 6.42 Å². The van der Waals surface area contributed by atoms with Crippen LogP contribution < -0.4 is 4.72 Å². The van der Waals surface area contributed by atoms with Crippen LogP contribution in [0, 0.1) is 17.8 Å². The topological polar surface area (TPSA) is 104 Å². The number of aliphatic carboxylic acids is 1. The van der Waals surface area contributed by atoms with Crippen molar-refractivity contribution in [3.05, 3.63) is 30.3 Å². The molecule has 0 aromatic heterocycles. The highest BCUT2D eigenvalue weighted by Gasteiger charge is 2.53. The van der Waals surface area contributed by atoms with Crippen LogP contribution in [-0.2, 0) is 14.8 Å². The van der Waals surface area contributed by atoms with Gasteiger partial charge >= 0.3 is 5.97 Å². The Morgan fingerprint density at radius 1 is 1.22 bits per heavy atom. The predicted molar refractivity (Wildman–Crippen MR) is 83.1 cm³/mol. The highest BCUT2D eigenvalue weighted by atomic mass is 32.2. The highest BCUT2D eigenvalue weighted by molar-refractivity contribution is 7.89. The predicted octanol–water partition coefficient (Wildman–Crippen LogP) is 1.22. The smallest absolute Gasteiger partial charge is 0.303 e. The number of sulfonamides is 1. The van der Waals surface area contributed by atoms with Gasteiger partial charge in [-0.05, 0) is 43.2 Å². The maximum atomic E-state index is 12.5. The fraction of sp³-hybridized carbons (Fsp3) is 0.562. The number of carboxylic acids is 1. The quantitative estimate of drug-likeness (QED) is 0.723. The number of fused-ring (bicyclic) bond motifs is 2. The summed E-state index contributed by atoms with van der Waals surface area (Å²) in [4.78, 5) is 11.0. The Labute approximate surface area is 135 Å². The van der Waals surface area contributed by atoms with Crippen molar-refractivity contribution in [2.24, 2.45) is 17.8 Å². The van der Waals surface area contributed by atoms with E-state index in [9.17, 15) is 18.3 Å². The summed E-state index contributed by atoms with van der Waals surface area (Å²) in [6, 6.07) is 7.72. The van der Waals surface area contributed by atoms with Gasteiger partial charge in [0, 0.05) is 18.4 Å². The first kappa shape index (κ1) is 16.4. The Hall–Kier alpha value is -1.44. The Kier molecular flexibility index (Phi) is 4.44. The van der Waals surface area contributed by atoms with E-state index >= 15 is 0 Å². The second kappa shape index (κ2) is 6.22. The molecule has 23 heavy (non-hydrogen) atoms. The van der Waals surface area contributed by atoms with Gasteiger partial charge in [-0.3, -0.25) is 4.79 Å². The van der Waals surface area contributed by atoms with Gasteiger partial charge in [0.2, 0.25) is 10.0 Å². The van der Waals surface area contributed by atoms with Gasteiger partial charge < -0.3 is 10.2 Å². The van der Waals surface area contributed by atoms with Gasteiger partial charge in [-0.25, -0.2) is 13.1 Å². The Morgan fingerprint density at radius 2 is 1.91 bits per heavy atom. The van der Waals surface area contributed by atoms with Crippen LogP contribution >= 0.6 is 0 Å². The van der Waals surface area contributed by atoms with Gasteiger partial charge in [-0.1, -0.05) is 18.2 Å². The molecule has 126 valence electrons. The SMILES string of the molecule is O=C(O)CCC1C2CC(O)C(C2)C1NS(=O)(=O)c1ccccc1. The van der Waals surface area contributed by atoms with Crippen LogP contribution in [0.25, 0.3) is 0 Å². The van der Waals surface area contributed by atoms with Crippen LogP contribution in [0.5, 0.6) is 0 Å². The van der Waals surface area contributed by atoms with Crippen molar-refractivity contribution >= 4 is 16.0 Å². The average molecular weight is 339 g/mol. The summed E-state index contributed by atoms with van der Waals surface area (Å²) in [7, 11) is -3.67. The molecular weight excluding hydrogens is 318 g/mol. The van der Waals surface area contributed by atoms with Crippen LogP contribution in [0.1, 0.15) is 25.7 Å². The minimum absolute atomic E-state index is 0.0214. The molecule has 6 nitrogen and oxygen atoms in total. The Bertz CT molecular complexity index is 675. The molecule has 1 aromatic rings. The van der Waals surface area contributed by atoms with Crippen LogP contribution in [0.15, 0.2) is 35.2 Å². The molecule has 2 bridgehead atoms. The number of carboxylic acid groups (broad SMARTS) is 1. The van der Waals surface area contributed by atoms with Crippen LogP contribution in [0.4, 0.5) is 0 Å². The van der Waals surface area contributed by atoms with Gasteiger partial charge in [-0.2, -0.15) is 0 Å². The lowest BCUT2D eigenvalue weighted by Crippen LogP contribution is -2.48. The van der Waals surface area contributed by atoms with Crippen LogP contribution in [-0.4, -0.2) is 36.7 Å². The lowest BCUT2D eigenvalue weighted by atomic mass is 9.81. The minimum atomic E-state index is -3.67. The molecular formula is C16H21NO5S. The van der Waals surface area contributed by atoms with Gasteiger partial charge in [0.15, 0.2) is 0 Å². The molecule has 2 fully saturated rings. The molecule has 5 unspecified atom stereocenters. The molecule has 2 saturated carbocycles. The molecule has 1 aromatic carbocycles. The second-order valence-electron chi connectivity index (χ2n) is 6.52. The lowest BCUT2D eigenvalue weighted by Gasteiger charge is -2.34. The number of hydrogen-bond donors (Lipinski definition) is 3. The summed E-state index contributed by atoms with van der Waals surface area (Å²) in [5, 5.41) is 19.0. The molecule has 2 aliphatic carbocycles. The summed E-state index contributed by atoms with van der Waals surface area (Å²) in [6.07, 6.45) is 1.34. The zero-order chi connectivity index (χ0) is 16.6. The third-order valence-electron chi connectivity index (χ3n) is 5.18. The normalized spacial score (nSPS) is 33.0. The summed E-state index contributed by atoms with van der Waals surface area (Å²) < 4.78 is 27.8. The van der Waals surface area contributed by atoms with Crippen molar-refractivity contribution < 1.29 is 23.4 Å². The van der Waals surface area contributed by atoms with Crippen molar-refractivity contribution in [2.75, 3.05) is 0 Å². The van der Waals surface area contributed by atoms with Crippen molar-refractivity contribution in [1.82, 2.24) is 4.72 Å².